The first kappa shape index (κ1) is 17.9. The molecule has 0 aliphatic rings. The highest BCUT2D eigenvalue weighted by Crippen LogP contribution is 2.15. The van der Waals surface area contributed by atoms with Gasteiger partial charge in [0.1, 0.15) is 0 Å². The average molecular weight is 266 g/mol. The predicted molar refractivity (Wildman–Crippen MR) is 84.5 cm³/mol. The van der Waals surface area contributed by atoms with E-state index in [0.717, 1.165) is 18.0 Å². The van der Waals surface area contributed by atoms with Crippen LogP contribution >= 0.6 is 0 Å². The van der Waals surface area contributed by atoms with E-state index < -0.39 is 0 Å². The van der Waals surface area contributed by atoms with Gasteiger partial charge in [0.05, 0.1) is 12.1 Å². The first-order valence-corrected chi connectivity index (χ1v) is 6.99. The molecule has 0 aromatic heterocycles. The van der Waals surface area contributed by atoms with Crippen molar-refractivity contribution in [3.63, 3.8) is 0 Å². The molecule has 19 heavy (non-hydrogen) atoms. The van der Waals surface area contributed by atoms with Crippen LogP contribution in [0.4, 0.5) is 5.69 Å². The van der Waals surface area contributed by atoms with E-state index >= 15 is 0 Å². The van der Waals surface area contributed by atoms with E-state index in [-0.39, 0.29) is 12.1 Å². The molecular formula is C16H30N2O. The fourth-order valence-corrected chi connectivity index (χ4v) is 1.35. The molecule has 0 aliphatic carbocycles. The lowest BCUT2D eigenvalue weighted by Crippen LogP contribution is -2.34. The highest BCUT2D eigenvalue weighted by molar-refractivity contribution is 5.46. The lowest BCUT2D eigenvalue weighted by molar-refractivity contribution is 0.234. The van der Waals surface area contributed by atoms with Crippen molar-refractivity contribution >= 4 is 5.69 Å². The second-order valence-electron chi connectivity index (χ2n) is 6.13. The molecule has 1 rings (SSSR count). The Hall–Kier alpha value is -1.06. The zero-order valence-electron chi connectivity index (χ0n) is 13.0. The molecule has 1 aromatic carbocycles. The van der Waals surface area contributed by atoms with E-state index in [9.17, 15) is 0 Å². The summed E-state index contributed by atoms with van der Waals surface area (Å²) in [5.41, 5.74) is 7.45. The summed E-state index contributed by atoms with van der Waals surface area (Å²) in [6, 6.07) is 8.15. The van der Waals surface area contributed by atoms with Crippen LogP contribution in [0, 0.1) is 5.92 Å². The van der Waals surface area contributed by atoms with E-state index in [1.54, 1.807) is 0 Å². The maximum atomic E-state index is 9.12. The number of rotatable bonds is 5. The second-order valence-corrected chi connectivity index (χ2v) is 6.13. The van der Waals surface area contributed by atoms with E-state index in [2.05, 4.69) is 38.2 Å². The number of aliphatic hydroxyl groups is 1. The van der Waals surface area contributed by atoms with E-state index in [1.807, 2.05) is 26.0 Å². The highest BCUT2D eigenvalue weighted by Gasteiger charge is 2.14. The Balaban J connectivity index is 0.000000711. The van der Waals surface area contributed by atoms with Gasteiger partial charge in [-0.15, -0.1) is 0 Å². The molecule has 3 heteroatoms. The van der Waals surface area contributed by atoms with Crippen LogP contribution in [0.25, 0.3) is 0 Å². The topological polar surface area (TPSA) is 58.3 Å². The standard InChI is InChI=1S/C12H20N2O.C4H10/c1-12(2,9-15)14-11-5-3-10(4-6-11)7-8-13;1-4(2)3/h3-6,14-15H,7-9,13H2,1-2H3;4H,1-3H3. The van der Waals surface area contributed by atoms with Crippen LogP contribution in [0.3, 0.4) is 0 Å². The van der Waals surface area contributed by atoms with Gasteiger partial charge in [0.2, 0.25) is 0 Å². The summed E-state index contributed by atoms with van der Waals surface area (Å²) < 4.78 is 0. The SMILES string of the molecule is CC(C)(CO)Nc1ccc(CCN)cc1.CC(C)C. The van der Waals surface area contributed by atoms with E-state index in [1.165, 1.54) is 5.56 Å². The normalized spacial score (nSPS) is 10.9. The Labute approximate surface area is 118 Å². The number of nitrogens with one attached hydrogen (secondary N) is 1. The minimum atomic E-state index is -0.282. The van der Waals surface area contributed by atoms with Crippen LogP contribution in [0.5, 0.6) is 0 Å². The van der Waals surface area contributed by atoms with Gasteiger partial charge in [-0.3, -0.25) is 0 Å². The van der Waals surface area contributed by atoms with Gasteiger partial charge in [-0.25, -0.2) is 0 Å². The second kappa shape index (κ2) is 8.94. The van der Waals surface area contributed by atoms with Crippen LogP contribution in [-0.2, 0) is 6.42 Å². The summed E-state index contributed by atoms with van der Waals surface area (Å²) >= 11 is 0. The quantitative estimate of drug-likeness (QED) is 0.768. The Morgan fingerprint density at radius 3 is 2.00 bits per heavy atom. The third-order valence-corrected chi connectivity index (χ3v) is 2.26. The Kier molecular flexibility index (Phi) is 8.44. The molecule has 1 aromatic rings. The Morgan fingerprint density at radius 2 is 1.63 bits per heavy atom. The number of anilines is 1. The van der Waals surface area contributed by atoms with Crippen molar-refractivity contribution < 1.29 is 5.11 Å². The van der Waals surface area contributed by atoms with Crippen molar-refractivity contribution in [3.05, 3.63) is 29.8 Å². The van der Waals surface area contributed by atoms with Gasteiger partial charge in [0, 0.05) is 5.69 Å². The van der Waals surface area contributed by atoms with Gasteiger partial charge < -0.3 is 16.2 Å². The van der Waals surface area contributed by atoms with Gasteiger partial charge in [-0.1, -0.05) is 32.9 Å². The number of hydrogen-bond donors (Lipinski definition) is 3. The third kappa shape index (κ3) is 9.51. The molecule has 3 nitrogen and oxygen atoms in total. The Bertz CT molecular complexity index is 328. The van der Waals surface area contributed by atoms with Crippen LogP contribution in [0.2, 0.25) is 0 Å². The number of nitrogens with two attached hydrogens (primary N) is 1. The summed E-state index contributed by atoms with van der Waals surface area (Å²) in [5, 5.41) is 12.4. The van der Waals surface area contributed by atoms with Crippen LogP contribution in [0.1, 0.15) is 40.2 Å². The molecule has 0 saturated carbocycles. The smallest absolute Gasteiger partial charge is 0.0656 e. The summed E-state index contributed by atoms with van der Waals surface area (Å²) in [6.45, 7) is 11.2. The fraction of sp³-hybridized carbons (Fsp3) is 0.625. The zero-order valence-corrected chi connectivity index (χ0v) is 13.0. The van der Waals surface area contributed by atoms with Gasteiger partial charge >= 0.3 is 0 Å². The Morgan fingerprint density at radius 1 is 1.16 bits per heavy atom. The largest absolute Gasteiger partial charge is 0.394 e. The molecule has 0 amide bonds. The number of aliphatic hydroxyl groups excluding tert-OH is 1. The predicted octanol–water partition coefficient (Wildman–Crippen LogP) is 3.03. The third-order valence-electron chi connectivity index (χ3n) is 2.26. The summed E-state index contributed by atoms with van der Waals surface area (Å²) in [7, 11) is 0. The molecular weight excluding hydrogens is 236 g/mol. The van der Waals surface area contributed by atoms with Crippen molar-refractivity contribution in [1.29, 1.82) is 0 Å². The van der Waals surface area contributed by atoms with E-state index in [4.69, 9.17) is 10.8 Å². The zero-order chi connectivity index (χ0) is 14.9. The molecule has 0 spiro atoms. The fourth-order valence-electron chi connectivity index (χ4n) is 1.35. The maximum absolute atomic E-state index is 9.12. The molecule has 110 valence electrons. The first-order chi connectivity index (χ1) is 8.80. The van der Waals surface area contributed by atoms with Crippen molar-refractivity contribution in [3.8, 4) is 0 Å². The number of hydrogen-bond acceptors (Lipinski definition) is 3. The summed E-state index contributed by atoms with van der Waals surface area (Å²) in [6.07, 6.45) is 0.906. The molecule has 0 aliphatic heterocycles. The van der Waals surface area contributed by atoms with Gasteiger partial charge in [-0.2, -0.15) is 0 Å². The van der Waals surface area contributed by atoms with Gasteiger partial charge in [0.25, 0.3) is 0 Å². The molecule has 4 N–H and O–H groups in total. The van der Waals surface area contributed by atoms with Crippen LogP contribution in [-0.4, -0.2) is 23.8 Å². The first-order valence-electron chi connectivity index (χ1n) is 6.99. The van der Waals surface area contributed by atoms with Gasteiger partial charge in [-0.05, 0) is 50.4 Å². The van der Waals surface area contributed by atoms with Crippen molar-refractivity contribution in [2.45, 2.75) is 46.6 Å². The minimum absolute atomic E-state index is 0.109. The molecule has 0 bridgehead atoms. The highest BCUT2D eigenvalue weighted by atomic mass is 16.3. The molecule has 0 fully saturated rings. The maximum Gasteiger partial charge on any atom is 0.0656 e. The van der Waals surface area contributed by atoms with Crippen molar-refractivity contribution in [2.75, 3.05) is 18.5 Å². The average Bonchev–Trinajstić information content (AvgIpc) is 2.31. The van der Waals surface area contributed by atoms with Gasteiger partial charge in [0.15, 0.2) is 0 Å². The van der Waals surface area contributed by atoms with Crippen LogP contribution in [0.15, 0.2) is 24.3 Å². The number of benzene rings is 1. The molecule has 0 radical (unpaired) electrons. The van der Waals surface area contributed by atoms with Crippen molar-refractivity contribution in [1.82, 2.24) is 0 Å². The van der Waals surface area contributed by atoms with Crippen LogP contribution < -0.4 is 11.1 Å². The summed E-state index contributed by atoms with van der Waals surface area (Å²) in [4.78, 5) is 0. The van der Waals surface area contributed by atoms with E-state index in [0.29, 0.717) is 6.54 Å². The molecule has 0 atom stereocenters. The molecule has 0 unspecified atom stereocenters. The lowest BCUT2D eigenvalue weighted by Gasteiger charge is -2.25. The lowest BCUT2D eigenvalue weighted by atomic mass is 10.1. The minimum Gasteiger partial charge on any atom is -0.394 e. The van der Waals surface area contributed by atoms with Crippen molar-refractivity contribution in [2.24, 2.45) is 11.7 Å². The monoisotopic (exact) mass is 266 g/mol. The molecule has 0 saturated heterocycles. The molecule has 0 heterocycles. The summed E-state index contributed by atoms with van der Waals surface area (Å²) in [5.74, 6) is 0.833.